The van der Waals surface area contributed by atoms with E-state index in [0.717, 1.165) is 120 Å². The van der Waals surface area contributed by atoms with E-state index in [0.29, 0.717) is 65.5 Å². The zero-order chi connectivity index (χ0) is 51.5. The standard InChI is InChI=1S/C58H66F2N10O5/c1-3-43-47(59)10-4-38-29-42(71)31-46(52(38)43)44-8-9-45-54(53(44)60)63-57(64-55(45)69-33-39-5-6-40(34-69)61-39)75-27-26-66-20-16-37(17-21-66)32-67-22-14-35(15-23-67)28-36-18-24-68(25-19-36)41-7-11-48-50(30-41)65(2)58(74)70(48)49-12-13-51(72)62-56(49)73/h1,4,7-11,29-31,35-37,39-40,49,61,71H,5-6,12-28,32-34H2,2H3,(H,62,72,73). The third-order valence-electron chi connectivity index (χ3n) is 17.6. The van der Waals surface area contributed by atoms with Crippen LogP contribution in [0.15, 0.2) is 59.4 Å². The second kappa shape index (κ2) is 20.5. The number of piperidine rings is 4. The lowest BCUT2D eigenvalue weighted by atomic mass is 9.82. The highest BCUT2D eigenvalue weighted by Crippen LogP contribution is 2.41. The number of imidazole rings is 1. The molecule has 392 valence electrons. The average molecular weight is 1020 g/mol. The summed E-state index contributed by atoms with van der Waals surface area (Å²) in [6.45, 7) is 9.97. The number of halogens is 2. The SMILES string of the molecule is C#Cc1c(F)ccc2cc(O)cc(-c3ccc4c(N5CC6CCC(C5)N6)nc(OCCN5CCC(CN6CCC(CC7CCN(c8ccc9c(c8)n(C)c(=O)n9C8CCC(=O)NC8=O)CC7)CC6)CC5)nc4c3F)c12. The second-order valence-corrected chi connectivity index (χ2v) is 22.2. The number of benzene rings is 4. The Bertz CT molecular complexity index is 3280. The van der Waals surface area contributed by atoms with Gasteiger partial charge in [-0.05, 0) is 162 Å². The molecule has 0 aliphatic carbocycles. The zero-order valence-electron chi connectivity index (χ0n) is 42.7. The lowest BCUT2D eigenvalue weighted by Crippen LogP contribution is -2.51. The van der Waals surface area contributed by atoms with E-state index in [1.807, 2.05) is 12.1 Å². The molecule has 0 saturated carbocycles. The predicted molar refractivity (Wildman–Crippen MR) is 286 cm³/mol. The van der Waals surface area contributed by atoms with Gasteiger partial charge in [0, 0.05) is 86.8 Å². The number of fused-ring (bicyclic) bond motifs is 5. The van der Waals surface area contributed by atoms with Crippen LogP contribution in [0.1, 0.15) is 82.2 Å². The third-order valence-corrected chi connectivity index (χ3v) is 17.6. The molecule has 3 atom stereocenters. The highest BCUT2D eigenvalue weighted by atomic mass is 19.1. The molecule has 3 N–H and O–H groups in total. The minimum Gasteiger partial charge on any atom is -0.508 e. The van der Waals surface area contributed by atoms with Crippen LogP contribution >= 0.6 is 0 Å². The van der Waals surface area contributed by atoms with Gasteiger partial charge >= 0.3 is 11.7 Å². The summed E-state index contributed by atoms with van der Waals surface area (Å²) < 4.78 is 41.6. The fraction of sp³-hybridized carbons (Fsp3) is 0.500. The number of hydrogen-bond acceptors (Lipinski definition) is 12. The van der Waals surface area contributed by atoms with E-state index in [4.69, 9.17) is 21.1 Å². The van der Waals surface area contributed by atoms with Gasteiger partial charge in [-0.1, -0.05) is 18.1 Å². The quantitative estimate of drug-likeness (QED) is 0.0848. The number of phenolic OH excluding ortho intramolecular Hbond substituents is 1. The molecule has 0 radical (unpaired) electrons. The van der Waals surface area contributed by atoms with Crippen molar-refractivity contribution >= 4 is 56.0 Å². The number of piperazine rings is 1. The molecule has 75 heavy (non-hydrogen) atoms. The van der Waals surface area contributed by atoms with Gasteiger partial charge < -0.3 is 29.9 Å². The smallest absolute Gasteiger partial charge is 0.329 e. The van der Waals surface area contributed by atoms with E-state index in [1.54, 1.807) is 22.2 Å². The second-order valence-electron chi connectivity index (χ2n) is 22.2. The molecule has 15 nitrogen and oxygen atoms in total. The first-order valence-electron chi connectivity index (χ1n) is 27.2. The van der Waals surface area contributed by atoms with Gasteiger partial charge in [-0.15, -0.1) is 6.42 Å². The average Bonchev–Trinajstić information content (AvgIpc) is 3.89. The molecular formula is C58H66F2N10O5. The van der Waals surface area contributed by atoms with E-state index in [2.05, 4.69) is 48.3 Å². The van der Waals surface area contributed by atoms with E-state index in [9.17, 15) is 19.5 Å². The van der Waals surface area contributed by atoms with Crippen molar-refractivity contribution in [1.29, 1.82) is 0 Å². The van der Waals surface area contributed by atoms with Crippen molar-refractivity contribution in [3.05, 3.63) is 82.3 Å². The highest BCUT2D eigenvalue weighted by Gasteiger charge is 2.36. The van der Waals surface area contributed by atoms with E-state index < -0.39 is 23.6 Å². The van der Waals surface area contributed by atoms with Crippen LogP contribution in [-0.2, 0) is 16.6 Å². The van der Waals surface area contributed by atoms with Gasteiger partial charge in [-0.2, -0.15) is 9.97 Å². The topological polar surface area (TPSA) is 153 Å². The van der Waals surface area contributed by atoms with E-state index >= 15 is 8.78 Å². The van der Waals surface area contributed by atoms with Crippen molar-refractivity contribution in [2.24, 2.45) is 24.8 Å². The number of amides is 2. The van der Waals surface area contributed by atoms with E-state index in [-0.39, 0.29) is 52.0 Å². The number of nitrogens with one attached hydrogen (secondary N) is 2. The molecule has 4 aromatic carbocycles. The van der Waals surface area contributed by atoms with Crippen molar-refractivity contribution in [2.75, 3.05) is 81.9 Å². The highest BCUT2D eigenvalue weighted by molar-refractivity contribution is 6.04. The Kier molecular flexibility index (Phi) is 13.5. The number of carbonyl (C=O) groups excluding carboxylic acids is 2. The number of likely N-dealkylation sites (tertiary alicyclic amines) is 2. The molecule has 17 heteroatoms. The van der Waals surface area contributed by atoms with Gasteiger partial charge in [0.15, 0.2) is 5.82 Å². The molecule has 2 bridgehead atoms. The Labute approximate surface area is 435 Å². The lowest BCUT2D eigenvalue weighted by molar-refractivity contribution is -0.135. The molecule has 0 spiro atoms. The first-order valence-corrected chi connectivity index (χ1v) is 27.2. The van der Waals surface area contributed by atoms with Crippen LogP contribution in [0.4, 0.5) is 20.3 Å². The molecule has 3 unspecified atom stereocenters. The summed E-state index contributed by atoms with van der Waals surface area (Å²) in [4.78, 5) is 57.2. The summed E-state index contributed by atoms with van der Waals surface area (Å²) >= 11 is 0. The monoisotopic (exact) mass is 1020 g/mol. The van der Waals surface area contributed by atoms with Crippen LogP contribution in [0.3, 0.4) is 0 Å². The van der Waals surface area contributed by atoms with Crippen molar-refractivity contribution in [3.63, 3.8) is 0 Å². The minimum absolute atomic E-state index is 0.00442. The fourth-order valence-electron chi connectivity index (χ4n) is 13.5. The molecule has 8 heterocycles. The number of anilines is 2. The number of terminal acetylenes is 1. The van der Waals surface area contributed by atoms with E-state index in [1.165, 1.54) is 43.5 Å². The Balaban J connectivity index is 0.625. The Hall–Kier alpha value is -6.61. The normalized spacial score (nSPS) is 22.7. The number of rotatable bonds is 12. The first kappa shape index (κ1) is 49.3. The number of aromatic hydroxyl groups is 1. The molecule has 2 amide bonds. The summed E-state index contributed by atoms with van der Waals surface area (Å²) in [5.41, 5.74) is 2.91. The number of hydrogen-bond donors (Lipinski definition) is 3. The Morgan fingerprint density at radius 2 is 1.49 bits per heavy atom. The predicted octanol–water partition coefficient (Wildman–Crippen LogP) is 7.10. The van der Waals surface area contributed by atoms with Gasteiger partial charge in [0.1, 0.15) is 35.6 Å². The van der Waals surface area contributed by atoms with Crippen LogP contribution < -0.4 is 30.9 Å². The van der Waals surface area contributed by atoms with Crippen molar-refractivity contribution in [2.45, 2.75) is 88.8 Å². The van der Waals surface area contributed by atoms with Gasteiger partial charge in [0.05, 0.1) is 16.6 Å². The third kappa shape index (κ3) is 9.70. The number of nitrogens with zero attached hydrogens (tertiary/aromatic N) is 8. The molecular weight excluding hydrogens is 955 g/mol. The van der Waals surface area contributed by atoms with Crippen LogP contribution in [0.5, 0.6) is 11.8 Å². The maximum Gasteiger partial charge on any atom is 0.329 e. The maximum atomic E-state index is 17.1. The molecule has 6 aromatic rings. The number of ether oxygens (including phenoxy) is 1. The number of imide groups is 1. The molecule has 2 aromatic heterocycles. The zero-order valence-corrected chi connectivity index (χ0v) is 42.7. The minimum atomic E-state index is -0.686. The van der Waals surface area contributed by atoms with Gasteiger partial charge in [-0.3, -0.25) is 28.9 Å². The van der Waals surface area contributed by atoms with Crippen LogP contribution in [0.25, 0.3) is 43.8 Å². The number of carbonyl (C=O) groups is 2. The van der Waals surface area contributed by atoms with Gasteiger partial charge in [0.25, 0.3) is 0 Å². The summed E-state index contributed by atoms with van der Waals surface area (Å²) in [6.07, 6.45) is 16.9. The van der Waals surface area contributed by atoms with Crippen LogP contribution in [0, 0.1) is 41.7 Å². The van der Waals surface area contributed by atoms with Crippen molar-refractivity contribution < 1.29 is 28.2 Å². The summed E-state index contributed by atoms with van der Waals surface area (Å²) in [6, 6.07) is 15.3. The molecule has 6 saturated heterocycles. The Morgan fingerprint density at radius 1 is 0.773 bits per heavy atom. The lowest BCUT2D eigenvalue weighted by Gasteiger charge is -2.39. The molecule has 6 fully saturated rings. The largest absolute Gasteiger partial charge is 0.508 e. The maximum absolute atomic E-state index is 17.1. The van der Waals surface area contributed by atoms with Crippen LogP contribution in [0.2, 0.25) is 0 Å². The van der Waals surface area contributed by atoms with Gasteiger partial charge in [-0.25, -0.2) is 13.6 Å². The summed E-state index contributed by atoms with van der Waals surface area (Å²) in [5.74, 6) is 3.20. The van der Waals surface area contributed by atoms with Crippen molar-refractivity contribution in [3.8, 4) is 35.2 Å². The van der Waals surface area contributed by atoms with Crippen molar-refractivity contribution in [1.82, 2.24) is 39.5 Å². The number of aromatic nitrogens is 4. The molecule has 6 aliphatic heterocycles. The summed E-state index contributed by atoms with van der Waals surface area (Å²) in [7, 11) is 1.75. The summed E-state index contributed by atoms with van der Waals surface area (Å²) in [5, 5.41) is 18.2. The molecule has 6 aliphatic rings. The Morgan fingerprint density at radius 3 is 2.23 bits per heavy atom. The van der Waals surface area contributed by atoms with Crippen LogP contribution in [-0.4, -0.2) is 130 Å². The first-order chi connectivity index (χ1) is 36.4. The number of aryl methyl sites for hydroxylation is 1. The van der Waals surface area contributed by atoms with Gasteiger partial charge in [0.2, 0.25) is 11.8 Å². The fourth-order valence-corrected chi connectivity index (χ4v) is 13.5. The molecule has 12 rings (SSSR count). The number of phenols is 1.